The van der Waals surface area contributed by atoms with Gasteiger partial charge in [0.1, 0.15) is 0 Å². The molecule has 0 radical (unpaired) electrons. The van der Waals surface area contributed by atoms with Gasteiger partial charge in [0.15, 0.2) is 11.6 Å². The Morgan fingerprint density at radius 2 is 1.83 bits per heavy atom. The first kappa shape index (κ1) is 16.4. The molecule has 0 heterocycles. The van der Waals surface area contributed by atoms with Gasteiger partial charge in [-0.25, -0.2) is 8.78 Å². The van der Waals surface area contributed by atoms with E-state index in [4.69, 9.17) is 0 Å². The van der Waals surface area contributed by atoms with Gasteiger partial charge < -0.3 is 0 Å². The van der Waals surface area contributed by atoms with Crippen molar-refractivity contribution in [2.75, 3.05) is 0 Å². The number of rotatable bonds is 5. The van der Waals surface area contributed by atoms with Crippen LogP contribution in [0.4, 0.5) is 8.78 Å². The molecular weight excluding hydrogens is 290 g/mol. The monoisotopic (exact) mass is 316 g/mol. The van der Waals surface area contributed by atoms with Crippen molar-refractivity contribution in [3.63, 3.8) is 0 Å². The highest BCUT2D eigenvalue weighted by Crippen LogP contribution is 2.34. The van der Waals surface area contributed by atoms with Gasteiger partial charge in [0.2, 0.25) is 0 Å². The Bertz CT molecular complexity index is 703. The molecule has 23 heavy (non-hydrogen) atoms. The standard InChI is InChI=1S/C21H26F2/c1-3-5-6-7-14-8-9-16-12-18-11-15(4-2)20(22)21(23)19(18)13-17(16)10-14/h11-14H,3-10H2,1-2H3. The molecule has 1 atom stereocenters. The van der Waals surface area contributed by atoms with E-state index in [-0.39, 0.29) is 0 Å². The third-order valence-electron chi connectivity index (χ3n) is 5.34. The Balaban J connectivity index is 1.92. The fourth-order valence-electron chi connectivity index (χ4n) is 3.91. The van der Waals surface area contributed by atoms with Crippen LogP contribution in [0.25, 0.3) is 10.8 Å². The molecule has 0 spiro atoms. The minimum absolute atomic E-state index is 0.452. The molecule has 2 aromatic carbocycles. The third-order valence-corrected chi connectivity index (χ3v) is 5.34. The van der Waals surface area contributed by atoms with E-state index >= 15 is 0 Å². The van der Waals surface area contributed by atoms with Gasteiger partial charge in [-0.05, 0) is 65.8 Å². The number of halogens is 2. The molecule has 0 saturated carbocycles. The quantitative estimate of drug-likeness (QED) is 0.563. The zero-order chi connectivity index (χ0) is 16.4. The van der Waals surface area contributed by atoms with Crippen molar-refractivity contribution in [2.45, 2.75) is 65.2 Å². The van der Waals surface area contributed by atoms with E-state index in [2.05, 4.69) is 13.0 Å². The third kappa shape index (κ3) is 3.27. The van der Waals surface area contributed by atoms with Crippen LogP contribution in [-0.4, -0.2) is 0 Å². The lowest BCUT2D eigenvalue weighted by Gasteiger charge is -2.25. The van der Waals surface area contributed by atoms with Gasteiger partial charge in [-0.2, -0.15) is 0 Å². The first-order valence-electron chi connectivity index (χ1n) is 9.06. The van der Waals surface area contributed by atoms with Crippen LogP contribution in [0.5, 0.6) is 0 Å². The molecule has 1 aliphatic rings. The molecule has 0 amide bonds. The van der Waals surface area contributed by atoms with Crippen LogP contribution in [0.15, 0.2) is 18.2 Å². The second-order valence-corrected chi connectivity index (χ2v) is 6.96. The first-order chi connectivity index (χ1) is 11.1. The summed E-state index contributed by atoms with van der Waals surface area (Å²) in [5, 5.41) is 1.30. The Kier molecular flexibility index (Phi) is 4.99. The smallest absolute Gasteiger partial charge is 0.166 e. The summed E-state index contributed by atoms with van der Waals surface area (Å²) in [6.45, 7) is 4.09. The predicted octanol–water partition coefficient (Wildman–Crippen LogP) is 6.37. The summed E-state index contributed by atoms with van der Waals surface area (Å²) >= 11 is 0. The molecule has 1 unspecified atom stereocenters. The largest absolute Gasteiger partial charge is 0.203 e. The molecule has 0 nitrogen and oxygen atoms in total. The van der Waals surface area contributed by atoms with Gasteiger partial charge in [0.25, 0.3) is 0 Å². The number of benzene rings is 2. The topological polar surface area (TPSA) is 0 Å². The number of fused-ring (bicyclic) bond motifs is 2. The minimum Gasteiger partial charge on any atom is -0.203 e. The fourth-order valence-corrected chi connectivity index (χ4v) is 3.91. The summed E-state index contributed by atoms with van der Waals surface area (Å²) in [5.41, 5.74) is 3.04. The lowest BCUT2D eigenvalue weighted by Crippen LogP contribution is -2.14. The normalized spacial score (nSPS) is 17.5. The summed E-state index contributed by atoms with van der Waals surface area (Å²) in [6, 6.07) is 5.82. The number of unbranched alkanes of at least 4 members (excludes halogenated alkanes) is 2. The summed E-state index contributed by atoms with van der Waals surface area (Å²) in [6.07, 6.45) is 8.93. The Morgan fingerprint density at radius 1 is 1.00 bits per heavy atom. The summed E-state index contributed by atoms with van der Waals surface area (Å²) in [5.74, 6) is -0.639. The second-order valence-electron chi connectivity index (χ2n) is 6.96. The van der Waals surface area contributed by atoms with Gasteiger partial charge in [-0.3, -0.25) is 0 Å². The van der Waals surface area contributed by atoms with E-state index in [1.165, 1.54) is 43.2 Å². The second kappa shape index (κ2) is 6.98. The zero-order valence-corrected chi connectivity index (χ0v) is 14.2. The maximum Gasteiger partial charge on any atom is 0.166 e. The van der Waals surface area contributed by atoms with Gasteiger partial charge in [0, 0.05) is 5.39 Å². The van der Waals surface area contributed by atoms with Gasteiger partial charge in [-0.15, -0.1) is 0 Å². The highest BCUT2D eigenvalue weighted by atomic mass is 19.2. The number of hydrogen-bond acceptors (Lipinski definition) is 0. The van der Waals surface area contributed by atoms with Crippen molar-refractivity contribution in [1.29, 1.82) is 0 Å². The minimum atomic E-state index is -0.671. The average molecular weight is 316 g/mol. The summed E-state index contributed by atoms with van der Waals surface area (Å²) in [4.78, 5) is 0. The maximum atomic E-state index is 14.4. The van der Waals surface area contributed by atoms with Crippen LogP contribution in [0.2, 0.25) is 0 Å². The molecular formula is C21H26F2. The van der Waals surface area contributed by atoms with E-state index in [0.29, 0.717) is 23.3 Å². The van der Waals surface area contributed by atoms with Crippen molar-refractivity contribution in [3.8, 4) is 0 Å². The molecule has 0 bridgehead atoms. The van der Waals surface area contributed by atoms with E-state index in [1.54, 1.807) is 0 Å². The molecule has 1 aliphatic carbocycles. The molecule has 2 aromatic rings. The van der Waals surface area contributed by atoms with Crippen molar-refractivity contribution in [3.05, 3.63) is 46.5 Å². The van der Waals surface area contributed by atoms with Crippen LogP contribution in [-0.2, 0) is 19.3 Å². The first-order valence-corrected chi connectivity index (χ1v) is 9.06. The Labute approximate surface area is 137 Å². The lowest BCUT2D eigenvalue weighted by molar-refractivity contribution is 0.408. The molecule has 3 rings (SSSR count). The Morgan fingerprint density at radius 3 is 2.57 bits per heavy atom. The fraction of sp³-hybridized carbons (Fsp3) is 0.524. The molecule has 0 N–H and O–H groups in total. The SMILES string of the molecule is CCCCCC1CCc2cc3cc(CC)c(F)c(F)c3cc2C1. The van der Waals surface area contributed by atoms with Gasteiger partial charge >= 0.3 is 0 Å². The van der Waals surface area contributed by atoms with E-state index in [0.717, 1.165) is 18.2 Å². The van der Waals surface area contributed by atoms with Gasteiger partial charge in [-0.1, -0.05) is 45.6 Å². The van der Waals surface area contributed by atoms with E-state index in [1.807, 2.05) is 19.1 Å². The van der Waals surface area contributed by atoms with Crippen LogP contribution in [0.3, 0.4) is 0 Å². The van der Waals surface area contributed by atoms with Crippen molar-refractivity contribution < 1.29 is 8.78 Å². The van der Waals surface area contributed by atoms with Crippen molar-refractivity contribution >= 4 is 10.8 Å². The number of hydrogen-bond donors (Lipinski definition) is 0. The highest BCUT2D eigenvalue weighted by Gasteiger charge is 2.21. The van der Waals surface area contributed by atoms with Crippen molar-refractivity contribution in [1.82, 2.24) is 0 Å². The molecule has 2 heteroatoms. The number of aryl methyl sites for hydroxylation is 2. The van der Waals surface area contributed by atoms with Crippen LogP contribution >= 0.6 is 0 Å². The van der Waals surface area contributed by atoms with Crippen molar-refractivity contribution in [2.24, 2.45) is 5.92 Å². The molecule has 0 fully saturated rings. The summed E-state index contributed by atoms with van der Waals surface area (Å²) < 4.78 is 28.5. The van der Waals surface area contributed by atoms with Crippen LogP contribution < -0.4 is 0 Å². The summed E-state index contributed by atoms with van der Waals surface area (Å²) in [7, 11) is 0. The van der Waals surface area contributed by atoms with E-state index in [9.17, 15) is 8.78 Å². The average Bonchev–Trinajstić information content (AvgIpc) is 2.57. The Hall–Kier alpha value is -1.44. The zero-order valence-electron chi connectivity index (χ0n) is 14.2. The maximum absolute atomic E-state index is 14.4. The van der Waals surface area contributed by atoms with Gasteiger partial charge in [0.05, 0.1) is 0 Å². The van der Waals surface area contributed by atoms with Crippen LogP contribution in [0.1, 0.15) is 62.6 Å². The lowest BCUT2D eigenvalue weighted by atomic mass is 9.80. The highest BCUT2D eigenvalue weighted by molar-refractivity contribution is 5.85. The molecule has 0 aromatic heterocycles. The molecule has 0 aliphatic heterocycles. The predicted molar refractivity (Wildman–Crippen MR) is 92.9 cm³/mol. The van der Waals surface area contributed by atoms with Crippen LogP contribution in [0, 0.1) is 17.6 Å². The molecule has 124 valence electrons. The van der Waals surface area contributed by atoms with E-state index < -0.39 is 11.6 Å². The molecule has 0 saturated heterocycles.